The van der Waals surface area contributed by atoms with E-state index >= 15 is 0 Å². The van der Waals surface area contributed by atoms with E-state index in [1.807, 2.05) is 31.2 Å². The first kappa shape index (κ1) is 30.1. The van der Waals surface area contributed by atoms with Gasteiger partial charge in [-0.2, -0.15) is 0 Å². The fourth-order valence-corrected chi connectivity index (χ4v) is 8.45. The maximum atomic E-state index is 13.4. The van der Waals surface area contributed by atoms with Crippen LogP contribution >= 0.6 is 11.3 Å². The zero-order valence-corrected chi connectivity index (χ0v) is 28.4. The van der Waals surface area contributed by atoms with Gasteiger partial charge in [0.25, 0.3) is 0 Å². The highest BCUT2D eigenvalue weighted by atomic mass is 32.1. The molecule has 230 valence electrons. The molecule has 1 aliphatic carbocycles. The van der Waals surface area contributed by atoms with Gasteiger partial charge in [0.05, 0.1) is 11.3 Å². The molecule has 0 unspecified atom stereocenters. The molecule has 0 amide bonds. The fourth-order valence-electron chi connectivity index (χ4n) is 7.16. The normalized spacial score (nSPS) is 15.9. The molecule has 0 atom stereocenters. The number of allylic oxidation sites excluding steroid dienone is 1. The van der Waals surface area contributed by atoms with E-state index in [4.69, 9.17) is 0 Å². The quantitative estimate of drug-likeness (QED) is 0.145. The Hall–Kier alpha value is -4.54. The van der Waals surface area contributed by atoms with Gasteiger partial charge in [-0.05, 0) is 94.6 Å². The van der Waals surface area contributed by atoms with Crippen molar-refractivity contribution in [1.29, 1.82) is 0 Å². The van der Waals surface area contributed by atoms with E-state index < -0.39 is 0 Å². The van der Waals surface area contributed by atoms with Crippen molar-refractivity contribution in [2.75, 3.05) is 4.90 Å². The molecule has 7 rings (SSSR count). The zero-order valence-electron chi connectivity index (χ0n) is 27.6. The van der Waals surface area contributed by atoms with Crippen LogP contribution in [0.5, 0.6) is 0 Å². The van der Waals surface area contributed by atoms with Crippen molar-refractivity contribution in [2.24, 2.45) is 0 Å². The summed E-state index contributed by atoms with van der Waals surface area (Å²) in [7, 11) is 0. The van der Waals surface area contributed by atoms with E-state index in [0.717, 1.165) is 26.8 Å². The lowest BCUT2D eigenvalue weighted by molar-refractivity contribution is 0.0990. The van der Waals surface area contributed by atoms with Crippen LogP contribution in [0, 0.1) is 6.92 Å². The number of ketones is 2. The third-order valence-corrected chi connectivity index (χ3v) is 10.7. The number of benzene rings is 4. The standard InChI is InChI=1S/C42H39NO2S/c1-24(2)30-14-11-15-31(25(3)4)38(30)27-17-19-37-35(21-27)42(6,7)36-23-29(46-41(36)43(37)28-12-9-8-10-13-28)22-34-39(44)32-18-16-26(5)20-33(32)40(34)45/h8-25H,1-7H3/b34-22+. The van der Waals surface area contributed by atoms with Gasteiger partial charge in [0.2, 0.25) is 0 Å². The number of carbonyl (C=O) groups is 2. The predicted molar refractivity (Wildman–Crippen MR) is 193 cm³/mol. The van der Waals surface area contributed by atoms with Crippen molar-refractivity contribution < 1.29 is 9.59 Å². The van der Waals surface area contributed by atoms with Crippen LogP contribution < -0.4 is 4.90 Å². The van der Waals surface area contributed by atoms with Crippen LogP contribution in [0.2, 0.25) is 0 Å². The Morgan fingerprint density at radius 1 is 0.717 bits per heavy atom. The minimum Gasteiger partial charge on any atom is -0.301 e. The number of carbonyl (C=O) groups excluding carboxylic acids is 2. The summed E-state index contributed by atoms with van der Waals surface area (Å²) in [5, 5.41) is 1.11. The largest absolute Gasteiger partial charge is 0.301 e. The molecule has 3 nitrogen and oxygen atoms in total. The number of nitrogens with zero attached hydrogens (tertiary/aromatic N) is 1. The third kappa shape index (κ3) is 4.70. The van der Waals surface area contributed by atoms with Crippen LogP contribution in [-0.2, 0) is 5.41 Å². The predicted octanol–water partition coefficient (Wildman–Crippen LogP) is 11.5. The van der Waals surface area contributed by atoms with Gasteiger partial charge in [0, 0.05) is 27.1 Å². The van der Waals surface area contributed by atoms with Crippen LogP contribution in [0.1, 0.15) is 107 Å². The van der Waals surface area contributed by atoms with E-state index in [-0.39, 0.29) is 22.6 Å². The lowest BCUT2D eigenvalue weighted by Crippen LogP contribution is -2.29. The van der Waals surface area contributed by atoms with Crippen LogP contribution in [0.3, 0.4) is 0 Å². The Morgan fingerprint density at radius 3 is 2.07 bits per heavy atom. The molecule has 0 saturated heterocycles. The minimum atomic E-state index is -0.326. The number of Topliss-reactive ketones (excluding diaryl/α,β-unsaturated/α-hetero) is 2. The molecule has 0 fully saturated rings. The van der Waals surface area contributed by atoms with Crippen molar-refractivity contribution >= 4 is 45.4 Å². The maximum Gasteiger partial charge on any atom is 0.197 e. The van der Waals surface area contributed by atoms with Gasteiger partial charge in [-0.3, -0.25) is 9.59 Å². The molecule has 4 heteroatoms. The van der Waals surface area contributed by atoms with Crippen LogP contribution in [-0.4, -0.2) is 11.6 Å². The highest BCUT2D eigenvalue weighted by molar-refractivity contribution is 7.17. The number of rotatable bonds is 5. The topological polar surface area (TPSA) is 37.4 Å². The summed E-state index contributed by atoms with van der Waals surface area (Å²) >= 11 is 1.64. The van der Waals surface area contributed by atoms with Gasteiger partial charge in [-0.1, -0.05) is 102 Å². The van der Waals surface area contributed by atoms with Gasteiger partial charge in [0.15, 0.2) is 11.6 Å². The number of fused-ring (bicyclic) bond motifs is 3. The second kappa shape index (κ2) is 11.1. The van der Waals surface area contributed by atoms with Crippen LogP contribution in [0.4, 0.5) is 16.4 Å². The van der Waals surface area contributed by atoms with Crippen molar-refractivity contribution in [3.63, 3.8) is 0 Å². The van der Waals surface area contributed by atoms with Crippen molar-refractivity contribution in [1.82, 2.24) is 0 Å². The monoisotopic (exact) mass is 621 g/mol. The lowest BCUT2D eigenvalue weighted by Gasteiger charge is -2.40. The van der Waals surface area contributed by atoms with Crippen molar-refractivity contribution in [3.05, 3.63) is 140 Å². The smallest absolute Gasteiger partial charge is 0.197 e. The van der Waals surface area contributed by atoms with Crippen LogP contribution in [0.15, 0.2) is 96.6 Å². The summed E-state index contributed by atoms with van der Waals surface area (Å²) in [5.74, 6) is 0.414. The van der Waals surface area contributed by atoms with Gasteiger partial charge >= 0.3 is 0 Å². The highest BCUT2D eigenvalue weighted by Gasteiger charge is 2.40. The summed E-state index contributed by atoms with van der Waals surface area (Å²) in [4.78, 5) is 30.1. The third-order valence-electron chi connectivity index (χ3n) is 9.63. The van der Waals surface area contributed by atoms with Crippen LogP contribution in [0.25, 0.3) is 17.2 Å². The maximum absolute atomic E-state index is 13.4. The van der Waals surface area contributed by atoms with E-state index in [0.29, 0.717) is 23.0 Å². The Balaban J connectivity index is 1.41. The average Bonchev–Trinajstić information content (AvgIpc) is 3.56. The van der Waals surface area contributed by atoms with Gasteiger partial charge in [0.1, 0.15) is 5.00 Å². The number of para-hydroxylation sites is 1. The molecule has 0 N–H and O–H groups in total. The molecule has 1 aliphatic heterocycles. The molecule has 5 aromatic rings. The molecule has 0 radical (unpaired) electrons. The zero-order chi connectivity index (χ0) is 32.5. The minimum absolute atomic E-state index is 0.188. The second-order valence-electron chi connectivity index (χ2n) is 13.8. The number of hydrogen-bond donors (Lipinski definition) is 0. The van der Waals surface area contributed by atoms with E-state index in [2.05, 4.69) is 113 Å². The molecule has 0 saturated carbocycles. The molecular weight excluding hydrogens is 583 g/mol. The Bertz CT molecular complexity index is 2050. The van der Waals surface area contributed by atoms with Crippen molar-refractivity contribution in [3.8, 4) is 11.1 Å². The van der Waals surface area contributed by atoms with E-state index in [9.17, 15) is 9.59 Å². The van der Waals surface area contributed by atoms with Crippen molar-refractivity contribution in [2.45, 2.75) is 65.7 Å². The molecule has 2 heterocycles. The first-order valence-electron chi connectivity index (χ1n) is 16.2. The molecule has 1 aromatic heterocycles. The van der Waals surface area contributed by atoms with E-state index in [1.165, 1.54) is 33.4 Å². The Labute approximate surface area is 276 Å². The Morgan fingerprint density at radius 2 is 1.39 bits per heavy atom. The molecule has 0 spiro atoms. The highest BCUT2D eigenvalue weighted by Crippen LogP contribution is 2.56. The van der Waals surface area contributed by atoms with Gasteiger partial charge in [-0.25, -0.2) is 0 Å². The Kier molecular flexibility index (Phi) is 7.25. The summed E-state index contributed by atoms with van der Waals surface area (Å²) in [6.45, 7) is 15.6. The number of aryl methyl sites for hydroxylation is 1. The number of anilines is 3. The SMILES string of the molecule is Cc1ccc2c(c1)C(=O)/C(=C/c1cc3c(s1)N(c1ccccc1)c1ccc(-c4c(C(C)C)cccc4C(C)C)cc1C3(C)C)C2=O. The molecule has 4 aromatic carbocycles. The number of thiophene rings is 1. The fraction of sp³-hybridized carbons (Fsp3) is 0.238. The molecule has 0 bridgehead atoms. The summed E-state index contributed by atoms with van der Waals surface area (Å²) in [6.07, 6.45) is 1.81. The number of hydrogen-bond acceptors (Lipinski definition) is 4. The summed E-state index contributed by atoms with van der Waals surface area (Å²) in [5.41, 5.74) is 11.9. The summed E-state index contributed by atoms with van der Waals surface area (Å²) in [6, 6.07) is 31.9. The summed E-state index contributed by atoms with van der Waals surface area (Å²) < 4.78 is 0. The first-order valence-corrected chi connectivity index (χ1v) is 17.0. The second-order valence-corrected chi connectivity index (χ2v) is 14.8. The van der Waals surface area contributed by atoms with Gasteiger partial charge in [-0.15, -0.1) is 11.3 Å². The van der Waals surface area contributed by atoms with E-state index in [1.54, 1.807) is 17.4 Å². The molecule has 46 heavy (non-hydrogen) atoms. The first-order chi connectivity index (χ1) is 22.0. The van der Waals surface area contributed by atoms with Gasteiger partial charge < -0.3 is 4.90 Å². The molecule has 2 aliphatic rings. The molecular formula is C42H39NO2S. The lowest BCUT2D eigenvalue weighted by atomic mass is 9.74. The average molecular weight is 622 g/mol.